The molecule has 0 saturated heterocycles. The van der Waals surface area contributed by atoms with Gasteiger partial charge >= 0.3 is 5.97 Å². The van der Waals surface area contributed by atoms with Crippen LogP contribution in [0.5, 0.6) is 0 Å². The molecule has 0 bridgehead atoms. The van der Waals surface area contributed by atoms with Crippen LogP contribution in [0, 0.1) is 0 Å². The third-order valence-corrected chi connectivity index (χ3v) is 6.41. The van der Waals surface area contributed by atoms with Gasteiger partial charge in [-0.2, -0.15) is 11.8 Å². The van der Waals surface area contributed by atoms with Crippen molar-refractivity contribution in [1.82, 2.24) is 15.4 Å². The van der Waals surface area contributed by atoms with Crippen LogP contribution in [0.4, 0.5) is 0 Å². The molecule has 140 valence electrons. The van der Waals surface area contributed by atoms with E-state index < -0.39 is 5.97 Å². The lowest BCUT2D eigenvalue weighted by Crippen LogP contribution is -2.16. The van der Waals surface area contributed by atoms with Crippen LogP contribution in [0.2, 0.25) is 10.0 Å². The highest BCUT2D eigenvalue weighted by molar-refractivity contribution is 7.99. The molecule has 0 radical (unpaired) electrons. The quantitative estimate of drug-likeness (QED) is 0.654. The second-order valence-electron chi connectivity index (χ2n) is 6.34. The first-order valence-electron chi connectivity index (χ1n) is 8.71. The van der Waals surface area contributed by atoms with Crippen LogP contribution in [0.15, 0.2) is 18.2 Å². The molecule has 2 aromatic rings. The fraction of sp³-hybridized carbons (Fsp3) is 0.500. The number of carbonyl (C=O) groups excluding carboxylic acids is 1. The maximum atomic E-state index is 11.9. The number of thioether (sulfide) groups is 1. The highest BCUT2D eigenvalue weighted by Crippen LogP contribution is 2.39. The summed E-state index contributed by atoms with van der Waals surface area (Å²) >= 11 is 14.1. The third-order valence-electron chi connectivity index (χ3n) is 4.59. The Bertz CT molecular complexity index is 740. The van der Waals surface area contributed by atoms with E-state index in [1.165, 1.54) is 5.56 Å². The van der Waals surface area contributed by atoms with E-state index in [-0.39, 0.29) is 0 Å². The molecular formula is C18H21Cl2N3O2S. The fourth-order valence-electron chi connectivity index (χ4n) is 3.29. The lowest BCUT2D eigenvalue weighted by atomic mass is 9.84. The largest absolute Gasteiger partial charge is 0.461 e. The van der Waals surface area contributed by atoms with E-state index in [9.17, 15) is 4.79 Å². The van der Waals surface area contributed by atoms with Crippen LogP contribution in [0.25, 0.3) is 0 Å². The van der Waals surface area contributed by atoms with Gasteiger partial charge in [0, 0.05) is 21.0 Å². The Morgan fingerprint density at radius 2 is 1.92 bits per heavy atom. The number of ether oxygens (including phenoxy) is 1. The maximum Gasteiger partial charge on any atom is 0.358 e. The van der Waals surface area contributed by atoms with Crippen LogP contribution >= 0.6 is 35.0 Å². The number of hydrogen-bond donors (Lipinski definition) is 1. The van der Waals surface area contributed by atoms with Gasteiger partial charge in [-0.05, 0) is 62.3 Å². The zero-order chi connectivity index (χ0) is 18.5. The van der Waals surface area contributed by atoms with Crippen LogP contribution in [0.3, 0.4) is 0 Å². The minimum Gasteiger partial charge on any atom is -0.461 e. The monoisotopic (exact) mass is 413 g/mol. The molecule has 1 aliphatic carbocycles. The van der Waals surface area contributed by atoms with Gasteiger partial charge < -0.3 is 4.74 Å². The second-order valence-corrected chi connectivity index (χ2v) is 8.50. The minimum absolute atomic E-state index is 0.335. The fourth-order valence-corrected chi connectivity index (χ4v) is 5.03. The number of hydrogen-bond acceptors (Lipinski definition) is 5. The molecule has 1 aromatic heterocycles. The summed E-state index contributed by atoms with van der Waals surface area (Å²) in [6.07, 6.45) is 4.45. The van der Waals surface area contributed by atoms with Crippen molar-refractivity contribution in [2.24, 2.45) is 0 Å². The van der Waals surface area contributed by atoms with E-state index in [0.717, 1.165) is 25.7 Å². The molecule has 0 aliphatic heterocycles. The third kappa shape index (κ3) is 4.93. The lowest BCUT2D eigenvalue weighted by Gasteiger charge is -2.28. The summed E-state index contributed by atoms with van der Waals surface area (Å²) in [4.78, 5) is 11.9. The normalized spacial score (nSPS) is 20.1. The number of halogens is 2. The van der Waals surface area contributed by atoms with E-state index in [1.54, 1.807) is 13.0 Å². The molecule has 0 unspecified atom stereocenters. The Morgan fingerprint density at radius 1 is 1.23 bits per heavy atom. The summed E-state index contributed by atoms with van der Waals surface area (Å²) in [5, 5.41) is 12.4. The summed E-state index contributed by atoms with van der Waals surface area (Å²) in [6.45, 7) is 2.11. The number of nitrogens with one attached hydrogen (secondary N) is 1. The van der Waals surface area contributed by atoms with E-state index in [4.69, 9.17) is 27.9 Å². The number of aromatic amines is 1. The molecule has 3 rings (SSSR count). The van der Waals surface area contributed by atoms with E-state index in [0.29, 0.717) is 45.0 Å². The molecule has 1 saturated carbocycles. The number of rotatable bonds is 6. The summed E-state index contributed by atoms with van der Waals surface area (Å²) in [5.74, 6) is 0.767. The molecule has 5 nitrogen and oxygen atoms in total. The second kappa shape index (κ2) is 9.11. The van der Waals surface area contributed by atoms with Gasteiger partial charge in [0.25, 0.3) is 0 Å². The Morgan fingerprint density at radius 3 is 2.58 bits per heavy atom. The van der Waals surface area contributed by atoms with Crippen molar-refractivity contribution in [3.8, 4) is 0 Å². The number of H-pyrrole nitrogens is 1. The molecule has 1 fully saturated rings. The van der Waals surface area contributed by atoms with Crippen molar-refractivity contribution in [2.75, 3.05) is 6.61 Å². The Labute approximate surface area is 167 Å². The van der Waals surface area contributed by atoms with Crippen molar-refractivity contribution in [2.45, 2.75) is 49.5 Å². The number of nitrogens with zero attached hydrogens (tertiary/aromatic N) is 2. The van der Waals surface area contributed by atoms with Gasteiger partial charge in [0.05, 0.1) is 6.61 Å². The molecule has 8 heteroatoms. The lowest BCUT2D eigenvalue weighted by molar-refractivity contribution is 0.0518. The number of esters is 1. The molecule has 1 aliphatic rings. The molecule has 1 heterocycles. The molecule has 0 spiro atoms. The van der Waals surface area contributed by atoms with Gasteiger partial charge in [-0.1, -0.05) is 28.4 Å². The first kappa shape index (κ1) is 19.5. The summed E-state index contributed by atoms with van der Waals surface area (Å²) in [6, 6.07) is 5.81. The standard InChI is InChI=1S/C18H21Cl2N3O2S/c1-2-25-18(24)17-16(21-23-22-17)10-26-15-5-3-11(4-6-15)12-7-13(19)9-14(20)8-12/h7-9,11,15H,2-6,10H2,1H3,(H,21,22,23)/t11-,15+. The summed E-state index contributed by atoms with van der Waals surface area (Å²) < 4.78 is 5.02. The van der Waals surface area contributed by atoms with E-state index in [1.807, 2.05) is 23.9 Å². The summed E-state index contributed by atoms with van der Waals surface area (Å²) in [5.41, 5.74) is 2.26. The predicted octanol–water partition coefficient (Wildman–Crippen LogP) is 5.25. The maximum absolute atomic E-state index is 11.9. The molecule has 1 aromatic carbocycles. The van der Waals surface area contributed by atoms with Gasteiger partial charge in [0.2, 0.25) is 0 Å². The van der Waals surface area contributed by atoms with Gasteiger partial charge in [0.15, 0.2) is 5.69 Å². The molecule has 0 atom stereocenters. The van der Waals surface area contributed by atoms with Gasteiger partial charge in [-0.25, -0.2) is 4.79 Å². The Kier molecular flexibility index (Phi) is 6.84. The zero-order valence-electron chi connectivity index (χ0n) is 14.5. The highest BCUT2D eigenvalue weighted by atomic mass is 35.5. The van der Waals surface area contributed by atoms with Crippen molar-refractivity contribution < 1.29 is 9.53 Å². The van der Waals surface area contributed by atoms with Crippen molar-refractivity contribution in [3.05, 3.63) is 45.2 Å². The van der Waals surface area contributed by atoms with E-state index in [2.05, 4.69) is 15.4 Å². The van der Waals surface area contributed by atoms with Crippen LogP contribution in [-0.2, 0) is 10.5 Å². The average Bonchev–Trinajstić information content (AvgIpc) is 3.08. The van der Waals surface area contributed by atoms with Gasteiger partial charge in [0.1, 0.15) is 5.69 Å². The first-order valence-corrected chi connectivity index (χ1v) is 10.5. The van der Waals surface area contributed by atoms with Crippen LogP contribution < -0.4 is 0 Å². The van der Waals surface area contributed by atoms with Crippen LogP contribution in [-0.4, -0.2) is 33.2 Å². The van der Waals surface area contributed by atoms with Gasteiger partial charge in [-0.3, -0.25) is 5.10 Å². The Hall–Kier alpha value is -1.24. The topological polar surface area (TPSA) is 67.9 Å². The SMILES string of the molecule is CCOC(=O)c1[nH]nnc1CS[C@H]1CC[C@@H](c2cc(Cl)cc(Cl)c2)CC1. The Balaban J connectivity index is 1.52. The van der Waals surface area contributed by atoms with Crippen molar-refractivity contribution in [3.63, 3.8) is 0 Å². The van der Waals surface area contributed by atoms with Gasteiger partial charge in [-0.15, -0.1) is 5.10 Å². The number of carbonyl (C=O) groups is 1. The summed E-state index contributed by atoms with van der Waals surface area (Å²) in [7, 11) is 0. The molecule has 26 heavy (non-hydrogen) atoms. The van der Waals surface area contributed by atoms with Crippen molar-refractivity contribution >= 4 is 40.9 Å². The number of aromatic nitrogens is 3. The minimum atomic E-state index is -0.394. The average molecular weight is 414 g/mol. The van der Waals surface area contributed by atoms with Crippen LogP contribution in [0.1, 0.15) is 60.3 Å². The molecular weight excluding hydrogens is 393 g/mol. The number of benzene rings is 1. The first-order chi connectivity index (χ1) is 12.6. The molecule has 0 amide bonds. The van der Waals surface area contributed by atoms with E-state index >= 15 is 0 Å². The zero-order valence-corrected chi connectivity index (χ0v) is 16.8. The smallest absolute Gasteiger partial charge is 0.358 e. The van der Waals surface area contributed by atoms with Crippen molar-refractivity contribution in [1.29, 1.82) is 0 Å². The highest BCUT2D eigenvalue weighted by Gasteiger charge is 2.24. The molecule has 1 N–H and O–H groups in total. The predicted molar refractivity (Wildman–Crippen MR) is 105 cm³/mol.